The predicted octanol–water partition coefficient (Wildman–Crippen LogP) is -3.93. The van der Waals surface area contributed by atoms with Crippen molar-refractivity contribution in [1.29, 1.82) is 0 Å². The number of hydrogen-bond acceptors (Lipinski definition) is 18. The average Bonchev–Trinajstić information content (AvgIpc) is 3.44. The van der Waals surface area contributed by atoms with E-state index in [2.05, 4.69) is 23.8 Å². The summed E-state index contributed by atoms with van der Waals surface area (Å²) in [6.45, 7) is -1.17. The van der Waals surface area contributed by atoms with Gasteiger partial charge in [-0.3, -0.25) is 28.5 Å². The molecule has 10 atom stereocenters. The van der Waals surface area contributed by atoms with E-state index in [4.69, 9.17) is 24.0 Å². The van der Waals surface area contributed by atoms with E-state index in [0.717, 1.165) is 10.8 Å². The summed E-state index contributed by atoms with van der Waals surface area (Å²) < 4.78 is 62.7. The van der Waals surface area contributed by atoms with Gasteiger partial charge >= 0.3 is 29.2 Å². The molecule has 1 aromatic heterocycles. The van der Waals surface area contributed by atoms with Gasteiger partial charge in [-0.2, -0.15) is 8.62 Å². The first kappa shape index (κ1) is 47.1. The molecule has 0 bridgehead atoms. The Morgan fingerprint density at radius 3 is 2.11 bits per heavy atom. The monoisotopic (exact) mass is 858 g/mol. The lowest BCUT2D eigenvalue weighted by molar-refractivity contribution is -0.300. The third kappa shape index (κ3) is 15.5. The van der Waals surface area contributed by atoms with Gasteiger partial charge in [0.25, 0.3) is 5.56 Å². The van der Waals surface area contributed by atoms with Crippen LogP contribution in [0.25, 0.3) is 0 Å². The summed E-state index contributed by atoms with van der Waals surface area (Å²) in [5, 5.41) is 54.4. The number of unbranched alkanes of at least 4 members (excludes halogenated alkanes) is 3. The summed E-state index contributed by atoms with van der Waals surface area (Å²) in [6.07, 6.45) is -8.68. The van der Waals surface area contributed by atoms with Crippen molar-refractivity contribution in [3.05, 3.63) is 32.6 Å². The van der Waals surface area contributed by atoms with Crippen molar-refractivity contribution in [2.75, 3.05) is 32.9 Å². The molecule has 3 rings (SSSR count). The zero-order chi connectivity index (χ0) is 41.1. The minimum absolute atomic E-state index is 0.0844. The molecule has 55 heavy (non-hydrogen) atoms. The number of phosphoric acid groups is 3. The summed E-state index contributed by atoms with van der Waals surface area (Å²) in [4.78, 5) is 87.5. The maximum atomic E-state index is 12.5. The normalized spacial score (nSPS) is 27.9. The summed E-state index contributed by atoms with van der Waals surface area (Å²) in [6, 6.07) is 0. The van der Waals surface area contributed by atoms with Gasteiger partial charge < -0.3 is 70.0 Å². The van der Waals surface area contributed by atoms with E-state index in [1.54, 1.807) is 0 Å². The molecule has 0 saturated carbocycles. The number of hydrogen-bond donors (Lipinski definition) is 12. The highest BCUT2D eigenvalue weighted by Crippen LogP contribution is 2.66. The van der Waals surface area contributed by atoms with Gasteiger partial charge in [-0.15, -0.1) is 0 Å². The fraction of sp³-hybridized carbons (Fsp3) is 0.769. The van der Waals surface area contributed by atoms with Gasteiger partial charge in [0.1, 0.15) is 36.7 Å². The fourth-order valence-corrected chi connectivity index (χ4v) is 8.26. The number of aliphatic hydroxyl groups is 5. The van der Waals surface area contributed by atoms with Crippen LogP contribution in [-0.2, 0) is 57.1 Å². The van der Waals surface area contributed by atoms with Gasteiger partial charge in [0, 0.05) is 31.3 Å². The third-order valence-electron chi connectivity index (χ3n) is 7.93. The number of nitrogens with zero attached hydrogens (tertiary/aromatic N) is 1. The molecule has 12 N–H and O–H groups in total. The number of phosphoric ester groups is 1. The van der Waals surface area contributed by atoms with Crippen molar-refractivity contribution >= 4 is 35.3 Å². The Labute approximate surface area is 310 Å². The van der Waals surface area contributed by atoms with E-state index in [0.29, 0.717) is 32.2 Å². The predicted molar refractivity (Wildman–Crippen MR) is 178 cm³/mol. The molecule has 1 aromatic rings. The number of amides is 2. The lowest BCUT2D eigenvalue weighted by Crippen LogP contribution is -2.59. The van der Waals surface area contributed by atoms with Crippen LogP contribution in [0.15, 0.2) is 15.8 Å². The summed E-state index contributed by atoms with van der Waals surface area (Å²) in [5.41, 5.74) is -2.01. The summed E-state index contributed by atoms with van der Waals surface area (Å²) >= 11 is 0. The van der Waals surface area contributed by atoms with Crippen molar-refractivity contribution in [3.8, 4) is 0 Å². The largest absolute Gasteiger partial charge is 0.490 e. The van der Waals surface area contributed by atoms with E-state index in [9.17, 15) is 68.2 Å². The van der Waals surface area contributed by atoms with Crippen LogP contribution in [0, 0.1) is 0 Å². The van der Waals surface area contributed by atoms with Gasteiger partial charge in [0.05, 0.1) is 38.8 Å². The van der Waals surface area contributed by atoms with Crippen LogP contribution >= 0.6 is 23.5 Å². The molecule has 3 heterocycles. The van der Waals surface area contributed by atoms with E-state index < -0.39 is 109 Å². The molecule has 2 aliphatic heterocycles. The lowest BCUT2D eigenvalue weighted by atomic mass is 9.99. The second-order valence-corrected chi connectivity index (χ2v) is 16.7. The van der Waals surface area contributed by atoms with Crippen molar-refractivity contribution in [2.45, 2.75) is 94.1 Å². The van der Waals surface area contributed by atoms with E-state index in [-0.39, 0.29) is 37.5 Å². The molecule has 2 fully saturated rings. The molecule has 0 aliphatic carbocycles. The fourth-order valence-electron chi connectivity index (χ4n) is 5.23. The Kier molecular flexibility index (Phi) is 17.9. The molecule has 2 aliphatic rings. The van der Waals surface area contributed by atoms with Crippen molar-refractivity contribution in [2.24, 2.45) is 0 Å². The molecule has 0 aromatic carbocycles. The second kappa shape index (κ2) is 20.9. The Hall–Kier alpha value is -2.29. The average molecular weight is 859 g/mol. The van der Waals surface area contributed by atoms with Crippen LogP contribution in [0.2, 0.25) is 0 Å². The van der Waals surface area contributed by atoms with E-state index in [1.165, 1.54) is 0 Å². The molecule has 2 unspecified atom stereocenters. The zero-order valence-corrected chi connectivity index (χ0v) is 31.5. The highest BCUT2D eigenvalue weighted by molar-refractivity contribution is 7.66. The first-order chi connectivity index (χ1) is 25.6. The number of carbonyl (C=O) groups excluding carboxylic acids is 2. The standard InChI is InChI=1S/C26H45N4O22P3/c31-12-16-21(35)22(36)23(37)25(50-16)47-8-5-18(33)27-6-3-1-2-4-7-28-19(34)9-14-11-30(26(39)29-24(14)38)20-10-15(32)17(49-20)13-48-54(43,44)52-55(45,46)51-53(40,41)42/h11,15-17,20-23,25,31-32,35-37H,1-10,12-13H2,(H,27,33)(H,28,34)(H,43,44)(H,45,46)(H,29,38,39)(H2,40,41,42)/t15-,16+,17+,20+,21+,22-,23-,25+/m0/s1. The summed E-state index contributed by atoms with van der Waals surface area (Å²) in [7, 11) is -16.9. The van der Waals surface area contributed by atoms with E-state index >= 15 is 0 Å². The van der Waals surface area contributed by atoms with Gasteiger partial charge in [-0.25, -0.2) is 18.5 Å². The van der Waals surface area contributed by atoms with E-state index in [1.807, 2.05) is 4.98 Å². The number of nitrogens with one attached hydrogen (secondary N) is 3. The van der Waals surface area contributed by atoms with Crippen LogP contribution in [0.4, 0.5) is 0 Å². The maximum absolute atomic E-state index is 12.5. The van der Waals surface area contributed by atoms with Crippen molar-refractivity contribution in [1.82, 2.24) is 20.2 Å². The van der Waals surface area contributed by atoms with Gasteiger partial charge in [0.2, 0.25) is 11.8 Å². The third-order valence-corrected chi connectivity index (χ3v) is 11.7. The first-order valence-electron chi connectivity index (χ1n) is 16.5. The molecule has 29 heteroatoms. The number of aliphatic hydroxyl groups excluding tert-OH is 5. The number of aromatic amines is 1. The molecule has 26 nitrogen and oxygen atoms in total. The Morgan fingerprint density at radius 1 is 0.855 bits per heavy atom. The maximum Gasteiger partial charge on any atom is 0.490 e. The quantitative estimate of drug-likeness (QED) is 0.0391. The number of H-pyrrole nitrogens is 1. The summed E-state index contributed by atoms with van der Waals surface area (Å²) in [5.74, 6) is -0.908. The minimum Gasteiger partial charge on any atom is -0.394 e. The lowest BCUT2D eigenvalue weighted by Gasteiger charge is -2.39. The molecular formula is C26H45N4O22P3. The SMILES string of the molecule is O=C(CCO[C@@H]1O[C@H](CO)[C@@H](O)[C@H](O)[C@@H]1O)NCCCCCCNC(=O)Cc1cn([C@H]2C[C@H](O)[C@@H](COP(=O)(O)OP(=O)(O)OP(=O)(O)O)O2)c(=O)[nH]c1=O. The Bertz CT molecular complexity index is 1700. The Balaban J connectivity index is 1.34. The van der Waals surface area contributed by atoms with Crippen LogP contribution in [0.3, 0.4) is 0 Å². The van der Waals surface area contributed by atoms with Crippen molar-refractivity contribution < 1.29 is 95.7 Å². The van der Waals surface area contributed by atoms with Gasteiger partial charge in [0.15, 0.2) is 6.29 Å². The minimum atomic E-state index is -5.78. The zero-order valence-electron chi connectivity index (χ0n) is 28.8. The number of carbonyl (C=O) groups is 2. The van der Waals surface area contributed by atoms with Gasteiger partial charge in [-0.05, 0) is 12.8 Å². The van der Waals surface area contributed by atoms with Crippen LogP contribution in [0.1, 0.15) is 50.3 Å². The van der Waals surface area contributed by atoms with Gasteiger partial charge in [-0.1, -0.05) is 12.8 Å². The molecule has 2 saturated heterocycles. The topological polar surface area (TPSA) is 402 Å². The van der Waals surface area contributed by atoms with Crippen LogP contribution < -0.4 is 21.9 Å². The van der Waals surface area contributed by atoms with Crippen LogP contribution in [0.5, 0.6) is 0 Å². The highest BCUT2D eigenvalue weighted by Gasteiger charge is 2.45. The molecule has 316 valence electrons. The molecule has 0 spiro atoms. The van der Waals surface area contributed by atoms with Crippen LogP contribution in [-0.4, -0.2) is 142 Å². The molecule has 0 radical (unpaired) electrons. The molecular weight excluding hydrogens is 813 g/mol. The smallest absolute Gasteiger partial charge is 0.394 e. The van der Waals surface area contributed by atoms with Crippen molar-refractivity contribution in [3.63, 3.8) is 0 Å². The molecule has 2 amide bonds. The number of ether oxygens (including phenoxy) is 3. The highest BCUT2D eigenvalue weighted by atomic mass is 31.3. The first-order valence-corrected chi connectivity index (χ1v) is 21.0. The second-order valence-electron chi connectivity index (χ2n) is 12.2. The number of rotatable bonds is 22. The Morgan fingerprint density at radius 2 is 1.49 bits per heavy atom. The number of aromatic nitrogens is 2.